The summed E-state index contributed by atoms with van der Waals surface area (Å²) >= 11 is 2.04. The molecule has 0 radical (unpaired) electrons. The van der Waals surface area contributed by atoms with Crippen LogP contribution in [-0.4, -0.2) is 37.4 Å². The zero-order chi connectivity index (χ0) is 14.5. The Hall–Kier alpha value is -0.670. The van der Waals surface area contributed by atoms with Crippen molar-refractivity contribution < 1.29 is 17.9 Å². The lowest BCUT2D eigenvalue weighted by Crippen LogP contribution is -2.37. The summed E-state index contributed by atoms with van der Waals surface area (Å²) in [5.41, 5.74) is 0.261. The summed E-state index contributed by atoms with van der Waals surface area (Å²) in [6.07, 6.45) is 1.62. The number of sulfonamides is 1. The van der Waals surface area contributed by atoms with Gasteiger partial charge < -0.3 is 4.74 Å². The van der Waals surface area contributed by atoms with Gasteiger partial charge in [-0.05, 0) is 60.6 Å². The highest BCUT2D eigenvalue weighted by molar-refractivity contribution is 14.1. The molecule has 3 rings (SSSR count). The van der Waals surface area contributed by atoms with E-state index in [1.807, 2.05) is 29.5 Å². The number of hydrogen-bond donors (Lipinski definition) is 0. The molecule has 0 saturated carbocycles. The molecule has 7 heteroatoms. The first kappa shape index (κ1) is 14.3. The summed E-state index contributed by atoms with van der Waals surface area (Å²) in [4.78, 5) is 12.4. The second kappa shape index (κ2) is 4.96. The maximum Gasteiger partial charge on any atom is 0.269 e. The summed E-state index contributed by atoms with van der Waals surface area (Å²) in [6.45, 7) is 2.06. The van der Waals surface area contributed by atoms with E-state index in [0.717, 1.165) is 20.7 Å². The molecule has 108 valence electrons. The number of nitrogens with zero attached hydrogens (tertiary/aromatic N) is 1. The van der Waals surface area contributed by atoms with E-state index in [1.54, 1.807) is 18.2 Å². The first-order chi connectivity index (χ1) is 9.39. The van der Waals surface area contributed by atoms with Crippen LogP contribution in [0.25, 0.3) is 0 Å². The van der Waals surface area contributed by atoms with Gasteiger partial charge in [-0.1, -0.05) is 0 Å². The predicted molar refractivity (Wildman–Crippen MR) is 81.0 cm³/mol. The first-order valence-electron chi connectivity index (χ1n) is 6.41. The summed E-state index contributed by atoms with van der Waals surface area (Å²) < 4.78 is 32.3. The predicted octanol–water partition coefficient (Wildman–Crippen LogP) is 2.00. The lowest BCUT2D eigenvalue weighted by atomic mass is 10.2. The highest BCUT2D eigenvalue weighted by Crippen LogP contribution is 2.33. The molecule has 2 aliphatic heterocycles. The van der Waals surface area contributed by atoms with Crippen molar-refractivity contribution in [3.8, 4) is 0 Å². The molecule has 2 aliphatic rings. The molecule has 1 saturated heterocycles. The number of amides is 1. The summed E-state index contributed by atoms with van der Waals surface area (Å²) in [6, 6.07) is 4.86. The van der Waals surface area contributed by atoms with Crippen molar-refractivity contribution in [2.75, 3.05) is 6.54 Å². The lowest BCUT2D eigenvalue weighted by Gasteiger charge is -2.19. The minimum absolute atomic E-state index is 0.108. The molecule has 20 heavy (non-hydrogen) atoms. The summed E-state index contributed by atoms with van der Waals surface area (Å²) in [7, 11) is -3.72. The SMILES string of the molecule is CC1CCC(CN2C(=O)c3ccc(I)cc3S2(=O)=O)O1. The average Bonchev–Trinajstić information content (AvgIpc) is 2.86. The lowest BCUT2D eigenvalue weighted by molar-refractivity contribution is 0.0419. The van der Waals surface area contributed by atoms with Crippen LogP contribution in [0.5, 0.6) is 0 Å². The Balaban J connectivity index is 1.93. The van der Waals surface area contributed by atoms with E-state index >= 15 is 0 Å². The quantitative estimate of drug-likeness (QED) is 0.704. The van der Waals surface area contributed by atoms with Crippen LogP contribution < -0.4 is 0 Å². The molecule has 2 heterocycles. The van der Waals surface area contributed by atoms with Gasteiger partial charge in [0.25, 0.3) is 15.9 Å². The molecule has 2 unspecified atom stereocenters. The molecular weight excluding hydrogens is 393 g/mol. The summed E-state index contributed by atoms with van der Waals surface area (Å²) in [5.74, 6) is -0.445. The van der Waals surface area contributed by atoms with E-state index in [9.17, 15) is 13.2 Å². The fourth-order valence-corrected chi connectivity index (χ4v) is 4.96. The highest BCUT2D eigenvalue weighted by Gasteiger charge is 2.43. The number of benzene rings is 1. The Morgan fingerprint density at radius 2 is 2.15 bits per heavy atom. The molecule has 1 aromatic rings. The third-order valence-corrected chi connectivity index (χ3v) is 6.12. The third kappa shape index (κ3) is 2.25. The van der Waals surface area contributed by atoms with Gasteiger partial charge in [0.15, 0.2) is 0 Å². The van der Waals surface area contributed by atoms with Gasteiger partial charge in [-0.15, -0.1) is 0 Å². The molecular formula is C13H14INO4S. The molecule has 1 fully saturated rings. The van der Waals surface area contributed by atoms with E-state index in [1.165, 1.54) is 0 Å². The zero-order valence-electron chi connectivity index (χ0n) is 10.9. The van der Waals surface area contributed by atoms with Crippen LogP contribution in [0.2, 0.25) is 0 Å². The van der Waals surface area contributed by atoms with Gasteiger partial charge in [-0.3, -0.25) is 4.79 Å². The van der Waals surface area contributed by atoms with Crippen molar-refractivity contribution in [3.63, 3.8) is 0 Å². The van der Waals surface area contributed by atoms with Gasteiger partial charge in [0.05, 0.1) is 24.3 Å². The number of rotatable bonds is 2. The number of hydrogen-bond acceptors (Lipinski definition) is 4. The number of halogens is 1. The number of ether oxygens (including phenoxy) is 1. The zero-order valence-corrected chi connectivity index (χ0v) is 13.8. The van der Waals surface area contributed by atoms with Crippen molar-refractivity contribution in [1.82, 2.24) is 4.31 Å². The van der Waals surface area contributed by atoms with Crippen LogP contribution in [-0.2, 0) is 14.8 Å². The Labute approximate surface area is 131 Å². The van der Waals surface area contributed by atoms with Gasteiger partial charge in [0.1, 0.15) is 4.90 Å². The average molecular weight is 407 g/mol. The second-order valence-electron chi connectivity index (χ2n) is 5.13. The van der Waals surface area contributed by atoms with E-state index < -0.39 is 15.9 Å². The summed E-state index contributed by atoms with van der Waals surface area (Å²) in [5, 5.41) is 0. The fraction of sp³-hybridized carbons (Fsp3) is 0.462. The van der Waals surface area contributed by atoms with Crippen LogP contribution in [0.1, 0.15) is 30.1 Å². The van der Waals surface area contributed by atoms with E-state index in [0.29, 0.717) is 0 Å². The van der Waals surface area contributed by atoms with Gasteiger partial charge in [-0.25, -0.2) is 12.7 Å². The Morgan fingerprint density at radius 3 is 2.80 bits per heavy atom. The van der Waals surface area contributed by atoms with Crippen molar-refractivity contribution in [2.45, 2.75) is 36.9 Å². The Kier molecular flexibility index (Phi) is 3.54. The normalized spacial score (nSPS) is 27.9. The third-order valence-electron chi connectivity index (χ3n) is 3.66. The van der Waals surface area contributed by atoms with E-state index in [-0.39, 0.29) is 29.2 Å². The number of fused-ring (bicyclic) bond motifs is 1. The van der Waals surface area contributed by atoms with Crippen LogP contribution in [0, 0.1) is 3.57 Å². The maximum atomic E-state index is 12.5. The second-order valence-corrected chi connectivity index (χ2v) is 8.20. The standard InChI is InChI=1S/C13H14INO4S/c1-8-2-4-10(19-8)7-15-13(16)11-5-3-9(14)6-12(11)20(15,17)18/h3,5-6,8,10H,2,4,7H2,1H3. The minimum atomic E-state index is -3.72. The highest BCUT2D eigenvalue weighted by atomic mass is 127. The fourth-order valence-electron chi connectivity index (χ4n) is 2.63. The van der Waals surface area contributed by atoms with Crippen LogP contribution >= 0.6 is 22.6 Å². The molecule has 1 amide bonds. The Morgan fingerprint density at radius 1 is 1.40 bits per heavy atom. The van der Waals surface area contributed by atoms with Crippen LogP contribution in [0.15, 0.2) is 23.1 Å². The van der Waals surface area contributed by atoms with Gasteiger partial charge in [0, 0.05) is 3.57 Å². The van der Waals surface area contributed by atoms with E-state index in [2.05, 4.69) is 0 Å². The van der Waals surface area contributed by atoms with Crippen LogP contribution in [0.3, 0.4) is 0 Å². The van der Waals surface area contributed by atoms with Crippen molar-refractivity contribution >= 4 is 38.5 Å². The molecule has 0 N–H and O–H groups in total. The molecule has 0 bridgehead atoms. The van der Waals surface area contributed by atoms with E-state index in [4.69, 9.17) is 4.74 Å². The topological polar surface area (TPSA) is 63.7 Å². The molecule has 2 atom stereocenters. The Bertz CT molecular complexity index is 673. The van der Waals surface area contributed by atoms with Crippen molar-refractivity contribution in [2.24, 2.45) is 0 Å². The van der Waals surface area contributed by atoms with Gasteiger partial charge >= 0.3 is 0 Å². The minimum Gasteiger partial charge on any atom is -0.373 e. The molecule has 5 nitrogen and oxygen atoms in total. The van der Waals surface area contributed by atoms with Crippen molar-refractivity contribution in [3.05, 3.63) is 27.3 Å². The van der Waals surface area contributed by atoms with Gasteiger partial charge in [0.2, 0.25) is 0 Å². The molecule has 0 aliphatic carbocycles. The molecule has 1 aromatic carbocycles. The first-order valence-corrected chi connectivity index (χ1v) is 8.93. The van der Waals surface area contributed by atoms with Gasteiger partial charge in [-0.2, -0.15) is 0 Å². The number of carbonyl (C=O) groups excluding carboxylic acids is 1. The number of carbonyl (C=O) groups is 1. The smallest absolute Gasteiger partial charge is 0.269 e. The molecule has 0 aromatic heterocycles. The van der Waals surface area contributed by atoms with Crippen LogP contribution in [0.4, 0.5) is 0 Å². The van der Waals surface area contributed by atoms with Crippen molar-refractivity contribution in [1.29, 1.82) is 0 Å². The molecule has 0 spiro atoms. The largest absolute Gasteiger partial charge is 0.373 e. The monoisotopic (exact) mass is 407 g/mol. The maximum absolute atomic E-state index is 12.5.